The van der Waals surface area contributed by atoms with E-state index in [1.807, 2.05) is 44.2 Å². The zero-order valence-corrected chi connectivity index (χ0v) is 13.3. The number of phenolic OH excluding ortho intramolecular Hbond substituents is 1. The minimum Gasteiger partial charge on any atom is -0.505 e. The summed E-state index contributed by atoms with van der Waals surface area (Å²) in [4.78, 5) is 0. The summed E-state index contributed by atoms with van der Waals surface area (Å²) in [5, 5.41) is 19.0. The molecule has 2 rings (SSSR count). The maximum absolute atomic E-state index is 10.4. The molecule has 0 fully saturated rings. The van der Waals surface area contributed by atoms with Gasteiger partial charge in [-0.3, -0.25) is 0 Å². The number of aryl methyl sites for hydroxylation is 2. The van der Waals surface area contributed by atoms with Gasteiger partial charge >= 0.3 is 0 Å². The molecule has 2 aromatic rings. The Morgan fingerprint density at radius 2 is 1.43 bits per heavy atom. The number of rotatable bonds is 2. The van der Waals surface area contributed by atoms with Crippen molar-refractivity contribution in [1.82, 2.24) is 0 Å². The van der Waals surface area contributed by atoms with Crippen molar-refractivity contribution in [2.24, 2.45) is 10.2 Å². The van der Waals surface area contributed by atoms with E-state index in [1.54, 1.807) is 6.07 Å². The number of azo groups is 1. The van der Waals surface area contributed by atoms with E-state index in [0.717, 1.165) is 22.4 Å². The zero-order chi connectivity index (χ0) is 15.6. The fourth-order valence-electron chi connectivity index (χ4n) is 2.28. The molecule has 3 nitrogen and oxygen atoms in total. The predicted octanol–water partition coefficient (Wildman–Crippen LogP) is 5.72. The van der Waals surface area contributed by atoms with Crippen LogP contribution in [0, 0.1) is 13.8 Å². The van der Waals surface area contributed by atoms with Gasteiger partial charge in [0.2, 0.25) is 0 Å². The minimum atomic E-state index is -0.131. The maximum atomic E-state index is 10.4. The third kappa shape index (κ3) is 3.30. The lowest BCUT2D eigenvalue weighted by molar-refractivity contribution is 0.448. The van der Waals surface area contributed by atoms with E-state index in [1.165, 1.54) is 0 Å². The van der Waals surface area contributed by atoms with Crippen LogP contribution in [-0.2, 0) is 5.41 Å². The summed E-state index contributed by atoms with van der Waals surface area (Å²) in [6.45, 7) is 10.2. The van der Waals surface area contributed by atoms with Gasteiger partial charge in [0.05, 0.1) is 5.69 Å². The van der Waals surface area contributed by atoms with Crippen molar-refractivity contribution in [2.45, 2.75) is 40.0 Å². The van der Waals surface area contributed by atoms with Crippen molar-refractivity contribution in [1.29, 1.82) is 0 Å². The molecule has 0 aliphatic heterocycles. The predicted molar refractivity (Wildman–Crippen MR) is 86.9 cm³/mol. The molecule has 1 N–H and O–H groups in total. The molecule has 3 heteroatoms. The van der Waals surface area contributed by atoms with E-state index in [9.17, 15) is 5.11 Å². The highest BCUT2D eigenvalue weighted by molar-refractivity contribution is 5.58. The number of nitrogens with zero attached hydrogens (tertiary/aromatic N) is 2. The minimum absolute atomic E-state index is 0.131. The smallest absolute Gasteiger partial charge is 0.146 e. The van der Waals surface area contributed by atoms with Gasteiger partial charge in [-0.05, 0) is 36.5 Å². The molecule has 0 aliphatic rings. The SMILES string of the molecule is Cc1cccc(C)c1N=Nc1cccc(C(C)(C)C)c1O. The lowest BCUT2D eigenvalue weighted by Crippen LogP contribution is -2.10. The van der Waals surface area contributed by atoms with Crippen LogP contribution in [-0.4, -0.2) is 5.11 Å². The van der Waals surface area contributed by atoms with Gasteiger partial charge in [-0.25, -0.2) is 0 Å². The standard InChI is InChI=1S/C18H22N2O/c1-12-8-6-9-13(2)16(12)20-19-15-11-7-10-14(17(15)21)18(3,4)5/h6-11,21H,1-5H3. The van der Waals surface area contributed by atoms with Crippen molar-refractivity contribution >= 4 is 11.4 Å². The number of aromatic hydroxyl groups is 1. The van der Waals surface area contributed by atoms with Gasteiger partial charge in [-0.1, -0.05) is 51.1 Å². The molecule has 0 spiro atoms. The Morgan fingerprint density at radius 1 is 0.857 bits per heavy atom. The molecule has 0 aliphatic carbocycles. The Hall–Kier alpha value is -2.16. The normalized spacial score (nSPS) is 12.0. The molecule has 0 saturated heterocycles. The van der Waals surface area contributed by atoms with Crippen molar-refractivity contribution in [2.75, 3.05) is 0 Å². The van der Waals surface area contributed by atoms with E-state index < -0.39 is 0 Å². The van der Waals surface area contributed by atoms with Crippen LogP contribution in [0.3, 0.4) is 0 Å². The van der Waals surface area contributed by atoms with E-state index in [0.29, 0.717) is 5.69 Å². The number of benzene rings is 2. The first-order valence-corrected chi connectivity index (χ1v) is 7.11. The van der Waals surface area contributed by atoms with Gasteiger partial charge in [-0.15, -0.1) is 10.2 Å². The molecule has 0 unspecified atom stereocenters. The van der Waals surface area contributed by atoms with Crippen LogP contribution >= 0.6 is 0 Å². The average Bonchev–Trinajstić information content (AvgIpc) is 2.38. The van der Waals surface area contributed by atoms with Gasteiger partial charge in [-0.2, -0.15) is 0 Å². The van der Waals surface area contributed by atoms with Crippen LogP contribution in [0.5, 0.6) is 5.75 Å². The number of hydrogen-bond donors (Lipinski definition) is 1. The second-order valence-corrected chi connectivity index (χ2v) is 6.36. The van der Waals surface area contributed by atoms with Gasteiger partial charge in [0.25, 0.3) is 0 Å². The summed E-state index contributed by atoms with van der Waals surface area (Å²) in [5.41, 5.74) is 4.26. The largest absolute Gasteiger partial charge is 0.505 e. The van der Waals surface area contributed by atoms with Crippen LogP contribution in [0.15, 0.2) is 46.6 Å². The van der Waals surface area contributed by atoms with Crippen LogP contribution in [0.1, 0.15) is 37.5 Å². The first-order chi connectivity index (χ1) is 9.80. The summed E-state index contributed by atoms with van der Waals surface area (Å²) in [7, 11) is 0. The molecule has 110 valence electrons. The molecule has 0 radical (unpaired) electrons. The summed E-state index contributed by atoms with van der Waals surface area (Å²) in [5.74, 6) is 0.208. The quantitative estimate of drug-likeness (QED) is 0.703. The Labute approximate surface area is 126 Å². The number of phenols is 1. The van der Waals surface area contributed by atoms with E-state index in [2.05, 4.69) is 31.0 Å². The van der Waals surface area contributed by atoms with Crippen molar-refractivity contribution in [3.8, 4) is 5.75 Å². The molecular weight excluding hydrogens is 260 g/mol. The monoisotopic (exact) mass is 282 g/mol. The van der Waals surface area contributed by atoms with E-state index in [4.69, 9.17) is 0 Å². The summed E-state index contributed by atoms with van der Waals surface area (Å²) >= 11 is 0. The third-order valence-electron chi connectivity index (χ3n) is 3.52. The Bertz CT molecular complexity index is 662. The molecule has 0 aromatic heterocycles. The molecule has 0 saturated carbocycles. The Morgan fingerprint density at radius 3 is 2.00 bits per heavy atom. The van der Waals surface area contributed by atoms with Crippen molar-refractivity contribution in [3.05, 3.63) is 53.1 Å². The molecule has 0 atom stereocenters. The van der Waals surface area contributed by atoms with Crippen LogP contribution in [0.25, 0.3) is 0 Å². The molecule has 0 heterocycles. The number of hydrogen-bond acceptors (Lipinski definition) is 3. The summed E-state index contributed by atoms with van der Waals surface area (Å²) in [6, 6.07) is 11.6. The lowest BCUT2D eigenvalue weighted by Gasteiger charge is -2.20. The molecule has 2 aromatic carbocycles. The van der Waals surface area contributed by atoms with Gasteiger partial charge in [0.15, 0.2) is 0 Å². The van der Waals surface area contributed by atoms with E-state index in [-0.39, 0.29) is 11.2 Å². The lowest BCUT2D eigenvalue weighted by atomic mass is 9.86. The Kier molecular flexibility index (Phi) is 4.12. The second kappa shape index (κ2) is 5.68. The van der Waals surface area contributed by atoms with Gasteiger partial charge in [0.1, 0.15) is 11.4 Å². The van der Waals surface area contributed by atoms with Gasteiger partial charge in [0, 0.05) is 5.56 Å². The second-order valence-electron chi connectivity index (χ2n) is 6.36. The molecular formula is C18H22N2O. The Balaban J connectivity index is 2.43. The fourth-order valence-corrected chi connectivity index (χ4v) is 2.28. The highest BCUT2D eigenvalue weighted by Gasteiger charge is 2.19. The maximum Gasteiger partial charge on any atom is 0.146 e. The molecule has 21 heavy (non-hydrogen) atoms. The fraction of sp³-hybridized carbons (Fsp3) is 0.333. The van der Waals surface area contributed by atoms with E-state index >= 15 is 0 Å². The molecule has 0 amide bonds. The first-order valence-electron chi connectivity index (χ1n) is 7.11. The van der Waals surface area contributed by atoms with Crippen LogP contribution in [0.2, 0.25) is 0 Å². The number of para-hydroxylation sites is 1. The van der Waals surface area contributed by atoms with Crippen LogP contribution in [0.4, 0.5) is 11.4 Å². The van der Waals surface area contributed by atoms with Gasteiger partial charge < -0.3 is 5.11 Å². The first kappa shape index (κ1) is 15.2. The summed E-state index contributed by atoms with van der Waals surface area (Å²) in [6.07, 6.45) is 0. The van der Waals surface area contributed by atoms with Crippen LogP contribution < -0.4 is 0 Å². The molecule has 0 bridgehead atoms. The topological polar surface area (TPSA) is 45.0 Å². The average molecular weight is 282 g/mol. The summed E-state index contributed by atoms with van der Waals surface area (Å²) < 4.78 is 0. The van der Waals surface area contributed by atoms with Crippen molar-refractivity contribution < 1.29 is 5.11 Å². The highest BCUT2D eigenvalue weighted by atomic mass is 16.3. The highest BCUT2D eigenvalue weighted by Crippen LogP contribution is 2.38. The third-order valence-corrected chi connectivity index (χ3v) is 3.52. The van der Waals surface area contributed by atoms with Crippen molar-refractivity contribution in [3.63, 3.8) is 0 Å². The zero-order valence-electron chi connectivity index (χ0n) is 13.3.